The Bertz CT molecular complexity index is 391. The van der Waals surface area contributed by atoms with E-state index in [1.807, 2.05) is 50.2 Å². The molecule has 0 aliphatic carbocycles. The predicted octanol–water partition coefficient (Wildman–Crippen LogP) is 2.89. The van der Waals surface area contributed by atoms with Crippen LogP contribution in [0.25, 0.3) is 0 Å². The molecule has 1 N–H and O–H groups in total. The Balaban J connectivity index is 2.48. The number of hydrogen-bond acceptors (Lipinski definition) is 2. The van der Waals surface area contributed by atoms with Crippen molar-refractivity contribution < 1.29 is 4.79 Å². The average molecular weight is 269 g/mol. The molecule has 0 radical (unpaired) electrons. The Morgan fingerprint density at radius 3 is 2.78 bits per heavy atom. The number of anilines is 1. The van der Waals surface area contributed by atoms with E-state index in [1.54, 1.807) is 0 Å². The molecule has 100 valence electrons. The van der Waals surface area contributed by atoms with Gasteiger partial charge in [0.15, 0.2) is 0 Å². The van der Waals surface area contributed by atoms with Gasteiger partial charge in [-0.1, -0.05) is 6.07 Å². The summed E-state index contributed by atoms with van der Waals surface area (Å²) in [6.45, 7) is 2.63. The first kappa shape index (κ1) is 14.8. The van der Waals surface area contributed by atoms with E-state index in [-0.39, 0.29) is 11.3 Å². The highest BCUT2D eigenvalue weighted by atomic mass is 35.5. The van der Waals surface area contributed by atoms with E-state index in [4.69, 9.17) is 11.6 Å². The lowest BCUT2D eigenvalue weighted by atomic mass is 10.1. The van der Waals surface area contributed by atoms with Crippen molar-refractivity contribution in [3.05, 3.63) is 29.8 Å². The Kier molecular flexibility index (Phi) is 5.99. The van der Waals surface area contributed by atoms with E-state index in [0.717, 1.165) is 18.5 Å². The van der Waals surface area contributed by atoms with E-state index >= 15 is 0 Å². The van der Waals surface area contributed by atoms with Crippen LogP contribution < -0.4 is 10.2 Å². The van der Waals surface area contributed by atoms with Crippen molar-refractivity contribution in [3.63, 3.8) is 0 Å². The minimum absolute atomic E-state index is 0.0269. The van der Waals surface area contributed by atoms with Crippen LogP contribution in [0.1, 0.15) is 30.1 Å². The third-order valence-electron chi connectivity index (χ3n) is 2.69. The van der Waals surface area contributed by atoms with Crippen molar-refractivity contribution in [3.8, 4) is 0 Å². The number of hydrogen-bond donors (Lipinski definition) is 1. The van der Waals surface area contributed by atoms with Crippen LogP contribution in [0.3, 0.4) is 0 Å². The van der Waals surface area contributed by atoms with Crippen LogP contribution in [0.4, 0.5) is 5.69 Å². The molecule has 0 aliphatic heterocycles. The van der Waals surface area contributed by atoms with Crippen LogP contribution in [-0.2, 0) is 0 Å². The molecule has 0 saturated heterocycles. The molecule has 0 bridgehead atoms. The van der Waals surface area contributed by atoms with Crippen LogP contribution in [-0.4, -0.2) is 31.9 Å². The monoisotopic (exact) mass is 268 g/mol. The number of alkyl halides is 1. The molecule has 0 spiro atoms. The van der Waals surface area contributed by atoms with Gasteiger partial charge in [-0.05, 0) is 38.0 Å². The summed E-state index contributed by atoms with van der Waals surface area (Å²) in [4.78, 5) is 13.9. The fraction of sp³-hybridized carbons (Fsp3) is 0.500. The van der Waals surface area contributed by atoms with Crippen molar-refractivity contribution in [1.29, 1.82) is 0 Å². The maximum atomic E-state index is 11.9. The van der Waals surface area contributed by atoms with E-state index in [1.165, 1.54) is 0 Å². The zero-order valence-electron chi connectivity index (χ0n) is 11.2. The molecule has 1 aromatic rings. The van der Waals surface area contributed by atoms with Gasteiger partial charge in [-0.25, -0.2) is 0 Å². The van der Waals surface area contributed by atoms with Crippen LogP contribution in [0.2, 0.25) is 0 Å². The molecule has 1 rings (SSSR count). The SMILES string of the molecule is CC(Cl)CCCNC(=O)c1cccc(N(C)C)c1. The first-order valence-electron chi connectivity index (χ1n) is 6.20. The molecule has 18 heavy (non-hydrogen) atoms. The lowest BCUT2D eigenvalue weighted by molar-refractivity contribution is 0.0953. The van der Waals surface area contributed by atoms with Gasteiger partial charge in [-0.15, -0.1) is 11.6 Å². The fourth-order valence-electron chi connectivity index (χ4n) is 1.61. The zero-order valence-corrected chi connectivity index (χ0v) is 12.0. The molecule has 1 aromatic carbocycles. The van der Waals surface area contributed by atoms with Crippen molar-refractivity contribution >= 4 is 23.2 Å². The highest BCUT2D eigenvalue weighted by Gasteiger charge is 2.06. The van der Waals surface area contributed by atoms with Gasteiger partial charge in [-0.3, -0.25) is 4.79 Å². The molecular formula is C14H21ClN2O. The third-order valence-corrected chi connectivity index (χ3v) is 2.91. The predicted molar refractivity (Wildman–Crippen MR) is 77.7 cm³/mol. The molecular weight excluding hydrogens is 248 g/mol. The van der Waals surface area contributed by atoms with Crippen molar-refractivity contribution in [2.45, 2.75) is 25.1 Å². The molecule has 0 aromatic heterocycles. The molecule has 4 heteroatoms. The lowest BCUT2D eigenvalue weighted by Gasteiger charge is -2.13. The molecule has 0 heterocycles. The van der Waals surface area contributed by atoms with Gasteiger partial charge >= 0.3 is 0 Å². The van der Waals surface area contributed by atoms with E-state index in [0.29, 0.717) is 12.1 Å². The number of nitrogens with one attached hydrogen (secondary N) is 1. The second-order valence-corrected chi connectivity index (χ2v) is 5.37. The summed E-state index contributed by atoms with van der Waals surface area (Å²) in [6.07, 6.45) is 1.82. The summed E-state index contributed by atoms with van der Waals surface area (Å²) in [7, 11) is 3.91. The summed E-state index contributed by atoms with van der Waals surface area (Å²) in [5.41, 5.74) is 1.72. The average Bonchev–Trinajstić information content (AvgIpc) is 2.34. The number of carbonyl (C=O) groups excluding carboxylic acids is 1. The largest absolute Gasteiger partial charge is 0.378 e. The summed E-state index contributed by atoms with van der Waals surface area (Å²) >= 11 is 5.85. The fourth-order valence-corrected chi connectivity index (χ4v) is 1.77. The normalized spacial score (nSPS) is 12.0. The second-order valence-electron chi connectivity index (χ2n) is 4.62. The zero-order chi connectivity index (χ0) is 13.5. The quantitative estimate of drug-likeness (QED) is 0.636. The summed E-state index contributed by atoms with van der Waals surface area (Å²) in [5, 5.41) is 3.07. The topological polar surface area (TPSA) is 32.3 Å². The molecule has 1 unspecified atom stereocenters. The number of amides is 1. The van der Waals surface area contributed by atoms with Gasteiger partial charge in [0, 0.05) is 37.3 Å². The van der Waals surface area contributed by atoms with Crippen LogP contribution >= 0.6 is 11.6 Å². The highest BCUT2D eigenvalue weighted by Crippen LogP contribution is 2.13. The van der Waals surface area contributed by atoms with Crippen molar-refractivity contribution in [1.82, 2.24) is 5.32 Å². The second kappa shape index (κ2) is 7.27. The van der Waals surface area contributed by atoms with E-state index in [9.17, 15) is 4.79 Å². The summed E-state index contributed by atoms with van der Waals surface area (Å²) < 4.78 is 0. The lowest BCUT2D eigenvalue weighted by Crippen LogP contribution is -2.25. The third kappa shape index (κ3) is 4.96. The highest BCUT2D eigenvalue weighted by molar-refractivity contribution is 6.20. The van der Waals surface area contributed by atoms with Crippen LogP contribution in [0, 0.1) is 0 Å². The van der Waals surface area contributed by atoms with E-state index < -0.39 is 0 Å². The number of rotatable bonds is 6. The van der Waals surface area contributed by atoms with Crippen molar-refractivity contribution in [2.75, 3.05) is 25.5 Å². The minimum Gasteiger partial charge on any atom is -0.378 e. The summed E-state index contributed by atoms with van der Waals surface area (Å²) in [6, 6.07) is 7.59. The minimum atomic E-state index is -0.0269. The van der Waals surface area contributed by atoms with Gasteiger partial charge in [0.1, 0.15) is 0 Å². The molecule has 3 nitrogen and oxygen atoms in total. The van der Waals surface area contributed by atoms with Gasteiger partial charge < -0.3 is 10.2 Å². The first-order valence-corrected chi connectivity index (χ1v) is 6.64. The molecule has 1 amide bonds. The van der Waals surface area contributed by atoms with Crippen LogP contribution in [0.5, 0.6) is 0 Å². The summed E-state index contributed by atoms with van der Waals surface area (Å²) in [5.74, 6) is -0.0269. The standard InChI is InChI=1S/C14H21ClN2O/c1-11(15)6-5-9-16-14(18)12-7-4-8-13(10-12)17(2)3/h4,7-8,10-11H,5-6,9H2,1-3H3,(H,16,18). The van der Waals surface area contributed by atoms with Gasteiger partial charge in [0.2, 0.25) is 0 Å². The Labute approximate surface area is 114 Å². The van der Waals surface area contributed by atoms with Gasteiger partial charge in [-0.2, -0.15) is 0 Å². The number of nitrogens with zero attached hydrogens (tertiary/aromatic N) is 1. The van der Waals surface area contributed by atoms with Gasteiger partial charge in [0.05, 0.1) is 0 Å². The smallest absolute Gasteiger partial charge is 0.251 e. The molecule has 1 atom stereocenters. The molecule has 0 saturated carbocycles. The Hall–Kier alpha value is -1.22. The Morgan fingerprint density at radius 1 is 1.44 bits per heavy atom. The number of halogens is 1. The maximum Gasteiger partial charge on any atom is 0.251 e. The van der Waals surface area contributed by atoms with Crippen LogP contribution in [0.15, 0.2) is 24.3 Å². The first-order chi connectivity index (χ1) is 8.50. The number of carbonyl (C=O) groups is 1. The Morgan fingerprint density at radius 2 is 2.17 bits per heavy atom. The van der Waals surface area contributed by atoms with Crippen molar-refractivity contribution in [2.24, 2.45) is 0 Å². The number of benzene rings is 1. The van der Waals surface area contributed by atoms with Gasteiger partial charge in [0.25, 0.3) is 5.91 Å². The maximum absolute atomic E-state index is 11.9. The van der Waals surface area contributed by atoms with E-state index in [2.05, 4.69) is 5.32 Å². The molecule has 0 aliphatic rings. The molecule has 0 fully saturated rings.